The summed E-state index contributed by atoms with van der Waals surface area (Å²) >= 11 is 0. The number of rotatable bonds is 2. The third-order valence-electron chi connectivity index (χ3n) is 7.03. The second-order valence-corrected chi connectivity index (χ2v) is 9.47. The quantitative estimate of drug-likeness (QED) is 0.149. The van der Waals surface area contributed by atoms with Crippen LogP contribution >= 0.6 is 0 Å². The fourth-order valence-corrected chi connectivity index (χ4v) is 5.10. The van der Waals surface area contributed by atoms with Gasteiger partial charge in [0.2, 0.25) is 0 Å². The fraction of sp³-hybridized carbons (Fsp3) is 0.0625. The number of nitrogens with zero attached hydrogens (tertiary/aromatic N) is 4. The predicted molar refractivity (Wildman–Crippen MR) is 139 cm³/mol. The Balaban J connectivity index is 1.78. The number of hydrogen-bond donors (Lipinski definition) is 0. The Bertz CT molecular complexity index is 1960. The Labute approximate surface area is 243 Å². The van der Waals surface area contributed by atoms with Crippen molar-refractivity contribution in [1.82, 2.24) is 0 Å². The number of halogens is 8. The molecule has 0 aliphatic heterocycles. The van der Waals surface area contributed by atoms with Crippen LogP contribution in [0.3, 0.4) is 0 Å². The molecule has 0 bridgehead atoms. The molecule has 0 saturated carbocycles. The van der Waals surface area contributed by atoms with Gasteiger partial charge in [-0.1, -0.05) is 12.1 Å². The van der Waals surface area contributed by atoms with Gasteiger partial charge in [-0.3, -0.25) is 0 Å². The smallest absolute Gasteiger partial charge is 0.206 e. The summed E-state index contributed by atoms with van der Waals surface area (Å²) in [6.45, 7) is 0. The maximum Gasteiger partial charge on any atom is 0.419 e. The Morgan fingerprint density at radius 1 is 0.500 bits per heavy atom. The van der Waals surface area contributed by atoms with Gasteiger partial charge in [0, 0.05) is 16.7 Å². The van der Waals surface area contributed by atoms with Crippen molar-refractivity contribution in [2.24, 2.45) is 0 Å². The zero-order chi connectivity index (χ0) is 32.1. The van der Waals surface area contributed by atoms with Crippen molar-refractivity contribution in [3.8, 4) is 57.7 Å². The zero-order valence-corrected chi connectivity index (χ0v) is 21.6. The highest BCUT2D eigenvalue weighted by Crippen LogP contribution is 2.50. The summed E-state index contributed by atoms with van der Waals surface area (Å²) in [5.41, 5.74) is -3.24. The fourth-order valence-electron chi connectivity index (χ4n) is 5.10. The summed E-state index contributed by atoms with van der Waals surface area (Å²) < 4.78 is 108. The van der Waals surface area contributed by atoms with Crippen LogP contribution in [0.1, 0.15) is 33.4 Å². The average molecular weight is 602 g/mol. The van der Waals surface area contributed by atoms with Crippen LogP contribution in [0.25, 0.3) is 39.0 Å². The van der Waals surface area contributed by atoms with E-state index in [9.17, 15) is 56.2 Å². The second kappa shape index (κ2) is 10.4. The van der Waals surface area contributed by atoms with Gasteiger partial charge in [-0.05, 0) is 81.9 Å². The topological polar surface area (TPSA) is 95.2 Å². The lowest BCUT2D eigenvalue weighted by molar-refractivity contribution is -0.140. The van der Waals surface area contributed by atoms with Gasteiger partial charge in [-0.15, -0.1) is 0 Å². The van der Waals surface area contributed by atoms with Crippen LogP contribution in [-0.4, -0.2) is 0 Å². The molecule has 44 heavy (non-hydrogen) atoms. The number of hydrogen-bond acceptors (Lipinski definition) is 4. The van der Waals surface area contributed by atoms with E-state index in [1.54, 1.807) is 12.1 Å². The van der Waals surface area contributed by atoms with E-state index in [1.165, 1.54) is 24.3 Å². The molecule has 4 aromatic carbocycles. The minimum atomic E-state index is -4.98. The lowest BCUT2D eigenvalue weighted by atomic mass is 9.91. The van der Waals surface area contributed by atoms with Crippen LogP contribution in [0, 0.1) is 57.0 Å². The van der Waals surface area contributed by atoms with Gasteiger partial charge in [0.1, 0.15) is 29.3 Å². The summed E-state index contributed by atoms with van der Waals surface area (Å²) in [5, 5.41) is 39.2. The molecule has 0 radical (unpaired) electrons. The van der Waals surface area contributed by atoms with E-state index in [-0.39, 0.29) is 61.2 Å². The van der Waals surface area contributed by atoms with Gasteiger partial charge in [0.05, 0.1) is 34.4 Å². The van der Waals surface area contributed by atoms with E-state index in [1.807, 2.05) is 12.1 Å². The van der Waals surface area contributed by atoms with Crippen molar-refractivity contribution in [3.05, 3.63) is 111 Å². The van der Waals surface area contributed by atoms with E-state index in [2.05, 4.69) is 0 Å². The largest absolute Gasteiger partial charge is 0.419 e. The van der Waals surface area contributed by atoms with Gasteiger partial charge in [-0.25, -0.2) is 8.78 Å². The van der Waals surface area contributed by atoms with Crippen LogP contribution < -0.4 is 0 Å². The van der Waals surface area contributed by atoms with Crippen LogP contribution in [0.4, 0.5) is 35.1 Å². The third-order valence-corrected chi connectivity index (χ3v) is 7.03. The first-order valence-corrected chi connectivity index (χ1v) is 12.2. The van der Waals surface area contributed by atoms with Gasteiger partial charge in [-0.2, -0.15) is 47.4 Å². The number of allylic oxidation sites excluding steroid dienone is 1. The minimum Gasteiger partial charge on any atom is -0.206 e. The van der Waals surface area contributed by atoms with Crippen LogP contribution in [0.2, 0.25) is 0 Å². The lowest BCUT2D eigenvalue weighted by Gasteiger charge is -2.12. The average Bonchev–Trinajstić information content (AvgIpc) is 3.27. The molecular formula is C32H10F8N4. The lowest BCUT2D eigenvalue weighted by Crippen LogP contribution is -2.08. The highest BCUT2D eigenvalue weighted by Gasteiger charge is 2.36. The minimum absolute atomic E-state index is 0.0174. The second-order valence-electron chi connectivity index (χ2n) is 9.47. The van der Waals surface area contributed by atoms with Crippen molar-refractivity contribution in [1.29, 1.82) is 21.0 Å². The number of fused-ring (bicyclic) bond motifs is 3. The molecule has 12 heteroatoms. The van der Waals surface area contributed by atoms with Gasteiger partial charge >= 0.3 is 12.4 Å². The van der Waals surface area contributed by atoms with Crippen LogP contribution in [0.15, 0.2) is 66.2 Å². The molecule has 4 nitrogen and oxygen atoms in total. The molecular weight excluding hydrogens is 592 g/mol. The van der Waals surface area contributed by atoms with Crippen molar-refractivity contribution >= 4 is 5.57 Å². The molecule has 0 aromatic heterocycles. The molecule has 0 amide bonds. The molecule has 0 unspecified atom stereocenters. The Morgan fingerprint density at radius 2 is 0.886 bits per heavy atom. The van der Waals surface area contributed by atoms with Crippen molar-refractivity contribution in [2.45, 2.75) is 12.4 Å². The van der Waals surface area contributed by atoms with E-state index >= 15 is 0 Å². The first kappa shape index (κ1) is 29.5. The Kier molecular flexibility index (Phi) is 6.96. The number of alkyl halides is 6. The normalized spacial score (nSPS) is 12.0. The molecule has 214 valence electrons. The third kappa shape index (κ3) is 4.79. The number of benzene rings is 4. The highest BCUT2D eigenvalue weighted by atomic mass is 19.4. The first-order valence-electron chi connectivity index (χ1n) is 12.2. The highest BCUT2D eigenvalue weighted by molar-refractivity contribution is 6.07. The van der Waals surface area contributed by atoms with Crippen LogP contribution in [-0.2, 0) is 12.4 Å². The summed E-state index contributed by atoms with van der Waals surface area (Å²) in [6.07, 6.45) is -9.95. The molecule has 0 spiro atoms. The molecule has 0 fully saturated rings. The summed E-state index contributed by atoms with van der Waals surface area (Å²) in [7, 11) is 0. The molecule has 0 saturated heterocycles. The Morgan fingerprint density at radius 3 is 1.18 bits per heavy atom. The Hall–Kier alpha value is -5.98. The predicted octanol–water partition coefficient (Wildman–Crippen LogP) is 8.91. The van der Waals surface area contributed by atoms with Gasteiger partial charge in [0.15, 0.2) is 0 Å². The SMILES string of the molecule is N#CC(C#N)=C1c2cc(-c3ccc(C(F)(F)F)c(F)c3)c(C#N)cc2-c2cc(C#N)c(-c3ccc(C(F)(F)F)c(F)c3)cc21. The molecule has 5 rings (SSSR count). The standard InChI is InChI=1S/C32H10F8N4/c33-28-7-15(1-3-26(28)31(35,36)37)20-9-24-22(5-17(20)11-41)23-6-18(12-42)21(10-25(23)30(24)19(13-43)14-44)16-2-4-27(29(34)8-16)32(38,39)40/h1-10H. The molecule has 1 aliphatic carbocycles. The molecule has 0 atom stereocenters. The maximum atomic E-state index is 14.5. The van der Waals surface area contributed by atoms with Gasteiger partial charge < -0.3 is 0 Å². The van der Waals surface area contributed by atoms with Crippen molar-refractivity contribution < 1.29 is 35.1 Å². The molecule has 1 aliphatic rings. The van der Waals surface area contributed by atoms with Crippen molar-refractivity contribution in [3.63, 3.8) is 0 Å². The van der Waals surface area contributed by atoms with Crippen LogP contribution in [0.5, 0.6) is 0 Å². The summed E-state index contributed by atoms with van der Waals surface area (Å²) in [5.74, 6) is -3.19. The first-order chi connectivity index (χ1) is 20.7. The monoisotopic (exact) mass is 602 g/mol. The maximum absolute atomic E-state index is 14.5. The van der Waals surface area contributed by atoms with E-state index in [0.717, 1.165) is 12.1 Å². The zero-order valence-electron chi connectivity index (χ0n) is 21.6. The van der Waals surface area contributed by atoms with E-state index in [0.29, 0.717) is 24.3 Å². The van der Waals surface area contributed by atoms with E-state index in [4.69, 9.17) is 0 Å². The molecule has 4 aromatic rings. The number of nitriles is 4. The summed E-state index contributed by atoms with van der Waals surface area (Å²) in [4.78, 5) is 0. The molecule has 0 N–H and O–H groups in total. The van der Waals surface area contributed by atoms with Gasteiger partial charge in [0.25, 0.3) is 0 Å². The molecule has 0 heterocycles. The van der Waals surface area contributed by atoms with E-state index < -0.39 is 40.7 Å². The summed E-state index contributed by atoms with van der Waals surface area (Å²) in [6, 6.07) is 16.6. The van der Waals surface area contributed by atoms with Crippen molar-refractivity contribution in [2.75, 3.05) is 0 Å².